The molecule has 2 aliphatic rings. The fourth-order valence-electron chi connectivity index (χ4n) is 4.81. The average molecular weight is 382 g/mol. The lowest BCUT2D eigenvalue weighted by Gasteiger charge is -2.24. The minimum Gasteiger partial charge on any atom is -0.326 e. The summed E-state index contributed by atoms with van der Waals surface area (Å²) in [4.78, 5) is 1.93. The molecule has 0 bridgehead atoms. The van der Waals surface area contributed by atoms with Crippen molar-refractivity contribution in [2.24, 2.45) is 0 Å². The van der Waals surface area contributed by atoms with Gasteiger partial charge in [0.25, 0.3) is 0 Å². The largest absolute Gasteiger partial charge is 0.326 e. The van der Waals surface area contributed by atoms with Crippen LogP contribution in [0.15, 0.2) is 54.6 Å². The number of hydrogen-bond acceptors (Lipinski definition) is 1. The van der Waals surface area contributed by atoms with Crippen LogP contribution in [0.3, 0.4) is 0 Å². The van der Waals surface area contributed by atoms with Crippen molar-refractivity contribution in [1.82, 2.24) is 0 Å². The second kappa shape index (κ2) is 7.40. The summed E-state index contributed by atoms with van der Waals surface area (Å²) in [5.74, 6) is 1.09. The molecular formula is C26H27N3. The van der Waals surface area contributed by atoms with Gasteiger partial charge in [0, 0.05) is 18.3 Å². The van der Waals surface area contributed by atoms with Crippen molar-refractivity contribution in [2.45, 2.75) is 38.0 Å². The molecular weight excluding hydrogens is 354 g/mol. The first-order valence-corrected chi connectivity index (χ1v) is 10.6. The SMILES string of the molecule is CN(C(=N)Nc1ccc(C2CCCCC2)cc1)c1ccc2cccc3c2c1C=C3. The first-order valence-electron chi connectivity index (χ1n) is 10.6. The number of guanidine groups is 1. The molecule has 3 aromatic rings. The van der Waals surface area contributed by atoms with E-state index in [1.165, 1.54) is 59.6 Å². The van der Waals surface area contributed by atoms with E-state index in [2.05, 4.69) is 72.1 Å². The lowest BCUT2D eigenvalue weighted by molar-refractivity contribution is 0.443. The third-order valence-electron chi connectivity index (χ3n) is 6.47. The molecule has 0 saturated heterocycles. The van der Waals surface area contributed by atoms with Gasteiger partial charge in [-0.1, -0.05) is 67.8 Å². The predicted octanol–water partition coefficient (Wildman–Crippen LogP) is 6.85. The van der Waals surface area contributed by atoms with E-state index in [0.717, 1.165) is 11.4 Å². The minimum absolute atomic E-state index is 0.379. The van der Waals surface area contributed by atoms with Gasteiger partial charge in [-0.3, -0.25) is 5.41 Å². The highest BCUT2D eigenvalue weighted by molar-refractivity contribution is 6.12. The number of anilines is 2. The minimum atomic E-state index is 0.379. The van der Waals surface area contributed by atoms with Crippen LogP contribution in [0.4, 0.5) is 11.4 Å². The van der Waals surface area contributed by atoms with Gasteiger partial charge in [0.05, 0.1) is 5.69 Å². The molecule has 0 unspecified atom stereocenters. The molecule has 0 aromatic heterocycles. The lowest BCUT2D eigenvalue weighted by atomic mass is 9.84. The number of benzene rings is 3. The molecule has 3 heteroatoms. The molecule has 0 aliphatic heterocycles. The smallest absolute Gasteiger partial charge is 0.199 e. The average Bonchev–Trinajstić information content (AvgIpc) is 3.21. The van der Waals surface area contributed by atoms with Crippen LogP contribution in [-0.4, -0.2) is 13.0 Å². The Labute approximate surface area is 172 Å². The molecule has 1 fully saturated rings. The number of rotatable bonds is 3. The Morgan fingerprint density at radius 1 is 0.931 bits per heavy atom. The van der Waals surface area contributed by atoms with Crippen LogP contribution in [0.25, 0.3) is 22.9 Å². The maximum Gasteiger partial charge on any atom is 0.199 e. The van der Waals surface area contributed by atoms with Crippen molar-refractivity contribution < 1.29 is 0 Å². The molecule has 3 nitrogen and oxygen atoms in total. The van der Waals surface area contributed by atoms with Crippen LogP contribution in [0.2, 0.25) is 0 Å². The molecule has 29 heavy (non-hydrogen) atoms. The summed E-state index contributed by atoms with van der Waals surface area (Å²) in [7, 11) is 1.96. The van der Waals surface area contributed by atoms with Crippen LogP contribution in [-0.2, 0) is 0 Å². The van der Waals surface area contributed by atoms with Gasteiger partial charge < -0.3 is 10.2 Å². The summed E-state index contributed by atoms with van der Waals surface area (Å²) in [6, 6.07) is 19.3. The van der Waals surface area contributed by atoms with Crippen LogP contribution >= 0.6 is 0 Å². The zero-order chi connectivity index (χ0) is 19.8. The molecule has 0 atom stereocenters. The fraction of sp³-hybridized carbons (Fsp3) is 0.269. The topological polar surface area (TPSA) is 39.1 Å². The Bertz CT molecular complexity index is 1090. The first-order chi connectivity index (χ1) is 14.2. The quantitative estimate of drug-likeness (QED) is 0.301. The van der Waals surface area contributed by atoms with Gasteiger partial charge >= 0.3 is 0 Å². The summed E-state index contributed by atoms with van der Waals surface area (Å²) >= 11 is 0. The van der Waals surface area contributed by atoms with Crippen molar-refractivity contribution in [3.8, 4) is 0 Å². The summed E-state index contributed by atoms with van der Waals surface area (Å²) in [6.07, 6.45) is 11.0. The molecule has 0 amide bonds. The Morgan fingerprint density at radius 2 is 1.72 bits per heavy atom. The fourth-order valence-corrected chi connectivity index (χ4v) is 4.81. The van der Waals surface area contributed by atoms with E-state index in [1.807, 2.05) is 11.9 Å². The maximum atomic E-state index is 8.61. The van der Waals surface area contributed by atoms with Gasteiger partial charge in [-0.15, -0.1) is 0 Å². The Hall–Kier alpha value is -3.07. The third kappa shape index (κ3) is 3.31. The van der Waals surface area contributed by atoms with Gasteiger partial charge in [-0.25, -0.2) is 0 Å². The number of hydrogen-bond donors (Lipinski definition) is 2. The molecule has 2 N–H and O–H groups in total. The zero-order valence-electron chi connectivity index (χ0n) is 16.9. The van der Waals surface area contributed by atoms with Crippen molar-refractivity contribution in [3.05, 3.63) is 71.3 Å². The van der Waals surface area contributed by atoms with Crippen LogP contribution < -0.4 is 10.2 Å². The van der Waals surface area contributed by atoms with Crippen LogP contribution in [0.1, 0.15) is 54.7 Å². The molecule has 3 aromatic carbocycles. The van der Waals surface area contributed by atoms with Crippen molar-refractivity contribution in [1.29, 1.82) is 5.41 Å². The van der Waals surface area contributed by atoms with E-state index >= 15 is 0 Å². The van der Waals surface area contributed by atoms with Crippen molar-refractivity contribution in [3.63, 3.8) is 0 Å². The van der Waals surface area contributed by atoms with Crippen molar-refractivity contribution in [2.75, 3.05) is 17.3 Å². The van der Waals surface area contributed by atoms with Gasteiger partial charge in [-0.2, -0.15) is 0 Å². The van der Waals surface area contributed by atoms with E-state index in [-0.39, 0.29) is 0 Å². The standard InChI is InChI=1S/C26H27N3/c1-29(24-17-13-21-9-5-8-20-12-16-23(24)25(20)21)26(27)28-22-14-10-19(11-15-22)18-6-3-2-4-7-18/h5,8-18H,2-4,6-7H2,1H3,(H2,27,28). The molecule has 5 rings (SSSR count). The first kappa shape index (κ1) is 18.0. The second-order valence-electron chi connectivity index (χ2n) is 8.27. The van der Waals surface area contributed by atoms with Gasteiger partial charge in [0.1, 0.15) is 0 Å². The highest BCUT2D eigenvalue weighted by Crippen LogP contribution is 2.37. The molecule has 146 valence electrons. The highest BCUT2D eigenvalue weighted by atomic mass is 15.3. The van der Waals surface area contributed by atoms with Gasteiger partial charge in [-0.05, 0) is 58.9 Å². The second-order valence-corrected chi connectivity index (χ2v) is 8.27. The molecule has 0 spiro atoms. The molecule has 2 aliphatic carbocycles. The predicted molar refractivity (Wildman–Crippen MR) is 125 cm³/mol. The van der Waals surface area contributed by atoms with E-state index < -0.39 is 0 Å². The monoisotopic (exact) mass is 381 g/mol. The van der Waals surface area contributed by atoms with Gasteiger partial charge in [0.2, 0.25) is 0 Å². The third-order valence-corrected chi connectivity index (χ3v) is 6.47. The Balaban J connectivity index is 1.34. The Kier molecular flexibility index (Phi) is 4.59. The van der Waals surface area contributed by atoms with Crippen LogP contribution in [0, 0.1) is 5.41 Å². The number of nitrogens with one attached hydrogen (secondary N) is 2. The van der Waals surface area contributed by atoms with Crippen molar-refractivity contribution >= 4 is 40.3 Å². The van der Waals surface area contributed by atoms with E-state index in [0.29, 0.717) is 11.9 Å². The lowest BCUT2D eigenvalue weighted by Crippen LogP contribution is -2.32. The normalized spacial score (nSPS) is 15.6. The molecule has 0 heterocycles. The summed E-state index contributed by atoms with van der Waals surface area (Å²) in [6.45, 7) is 0. The van der Waals surface area contributed by atoms with Gasteiger partial charge in [0.15, 0.2) is 5.96 Å². The van der Waals surface area contributed by atoms with E-state index in [9.17, 15) is 0 Å². The zero-order valence-corrected chi connectivity index (χ0v) is 16.9. The summed E-state index contributed by atoms with van der Waals surface area (Å²) in [5.41, 5.74) is 5.91. The van der Waals surface area contributed by atoms with E-state index in [4.69, 9.17) is 5.41 Å². The molecule has 0 radical (unpaired) electrons. The maximum absolute atomic E-state index is 8.61. The summed E-state index contributed by atoms with van der Waals surface area (Å²) < 4.78 is 0. The Morgan fingerprint density at radius 3 is 2.52 bits per heavy atom. The van der Waals surface area contributed by atoms with E-state index in [1.54, 1.807) is 0 Å². The van der Waals surface area contributed by atoms with Crippen LogP contribution in [0.5, 0.6) is 0 Å². The number of nitrogens with zero attached hydrogens (tertiary/aromatic N) is 1. The highest BCUT2D eigenvalue weighted by Gasteiger charge is 2.18. The summed E-state index contributed by atoms with van der Waals surface area (Å²) in [5, 5.41) is 14.4. The molecule has 1 saturated carbocycles.